The maximum Gasteiger partial charge on any atom is 0.175 e. The Morgan fingerprint density at radius 3 is 2.55 bits per heavy atom. The molecule has 0 amide bonds. The minimum absolute atomic E-state index is 0.240. The molecule has 0 fully saturated rings. The van der Waals surface area contributed by atoms with Gasteiger partial charge in [-0.15, -0.1) is 0 Å². The highest BCUT2D eigenvalue weighted by Gasteiger charge is 2.15. The Morgan fingerprint density at radius 2 is 2.00 bits per heavy atom. The third-order valence-electron chi connectivity index (χ3n) is 3.37. The first kappa shape index (κ1) is 15.0. The lowest BCUT2D eigenvalue weighted by Crippen LogP contribution is -2.32. The first-order valence-electron chi connectivity index (χ1n) is 6.52. The van der Waals surface area contributed by atoms with Crippen LogP contribution in [0.1, 0.15) is 26.1 Å². The van der Waals surface area contributed by atoms with Crippen LogP contribution in [0.3, 0.4) is 0 Å². The van der Waals surface area contributed by atoms with Crippen molar-refractivity contribution >= 4 is 20.9 Å². The average Bonchev–Trinajstić information content (AvgIpc) is 2.61. The lowest BCUT2D eigenvalue weighted by Gasteiger charge is -2.17. The Labute approximate surface area is 119 Å². The highest BCUT2D eigenvalue weighted by atomic mass is 32.2. The first-order chi connectivity index (χ1) is 9.08. The van der Waals surface area contributed by atoms with Gasteiger partial charge in [0, 0.05) is 25.3 Å². The zero-order valence-corrected chi connectivity index (χ0v) is 13.2. The number of fused-ring (bicyclic) bond motifs is 1. The molecule has 110 valence electrons. The van der Waals surface area contributed by atoms with Crippen molar-refractivity contribution in [3.05, 3.63) is 24.0 Å². The molecule has 2 rings (SSSR count). The lowest BCUT2D eigenvalue weighted by atomic mass is 10.00. The second-order valence-electron chi connectivity index (χ2n) is 6.00. The number of hydrogen-bond acceptors (Lipinski definition) is 4. The average molecular weight is 295 g/mol. The third-order valence-corrected chi connectivity index (χ3v) is 4.48. The van der Waals surface area contributed by atoms with E-state index in [0.29, 0.717) is 10.4 Å². The molecule has 5 nitrogen and oxygen atoms in total. The minimum Gasteiger partial charge on any atom is -0.331 e. The van der Waals surface area contributed by atoms with Gasteiger partial charge < -0.3 is 10.3 Å². The van der Waals surface area contributed by atoms with Gasteiger partial charge in [0.2, 0.25) is 0 Å². The van der Waals surface area contributed by atoms with Gasteiger partial charge in [-0.2, -0.15) is 0 Å². The van der Waals surface area contributed by atoms with Crippen molar-refractivity contribution in [3.63, 3.8) is 0 Å². The topological polar surface area (TPSA) is 78.0 Å². The number of aryl methyl sites for hydroxylation is 2. The fourth-order valence-electron chi connectivity index (χ4n) is 2.12. The van der Waals surface area contributed by atoms with Gasteiger partial charge in [-0.3, -0.25) is 0 Å². The summed E-state index contributed by atoms with van der Waals surface area (Å²) < 4.78 is 25.1. The van der Waals surface area contributed by atoms with Crippen molar-refractivity contribution < 1.29 is 8.42 Å². The summed E-state index contributed by atoms with van der Waals surface area (Å²) in [5.74, 6) is 0.921. The third kappa shape index (κ3) is 3.19. The summed E-state index contributed by atoms with van der Waals surface area (Å²) in [5, 5.41) is 0. The summed E-state index contributed by atoms with van der Waals surface area (Å²) >= 11 is 0. The Hall–Kier alpha value is -1.40. The summed E-state index contributed by atoms with van der Waals surface area (Å²) in [6, 6.07) is 5.05. The summed E-state index contributed by atoms with van der Waals surface area (Å²) in [7, 11) is -1.26. The number of hydrogen-bond donors (Lipinski definition) is 1. The first-order valence-corrected chi connectivity index (χ1v) is 8.41. The number of nitrogens with zero attached hydrogens (tertiary/aromatic N) is 2. The van der Waals surface area contributed by atoms with Crippen LogP contribution >= 0.6 is 0 Å². The van der Waals surface area contributed by atoms with Crippen LogP contribution < -0.4 is 5.73 Å². The number of rotatable bonds is 4. The van der Waals surface area contributed by atoms with Crippen LogP contribution in [0.5, 0.6) is 0 Å². The van der Waals surface area contributed by atoms with E-state index in [1.54, 1.807) is 18.2 Å². The molecule has 0 saturated carbocycles. The van der Waals surface area contributed by atoms with Crippen molar-refractivity contribution in [2.45, 2.75) is 37.1 Å². The zero-order chi connectivity index (χ0) is 15.1. The number of nitrogens with two attached hydrogens (primary N) is 1. The van der Waals surface area contributed by atoms with Gasteiger partial charge in [0.25, 0.3) is 0 Å². The normalized spacial score (nSPS) is 13.1. The Bertz CT molecular complexity index is 740. The molecule has 0 spiro atoms. The molecule has 1 aromatic heterocycles. The molecule has 0 saturated heterocycles. The Morgan fingerprint density at radius 1 is 1.35 bits per heavy atom. The predicted octanol–water partition coefficient (Wildman–Crippen LogP) is 1.65. The van der Waals surface area contributed by atoms with Crippen LogP contribution in [-0.2, 0) is 23.3 Å². The monoisotopic (exact) mass is 295 g/mol. The van der Waals surface area contributed by atoms with Crippen LogP contribution in [0, 0.1) is 0 Å². The molecule has 0 aliphatic carbocycles. The van der Waals surface area contributed by atoms with E-state index >= 15 is 0 Å². The van der Waals surface area contributed by atoms with Crippen LogP contribution in [0.15, 0.2) is 23.1 Å². The Balaban J connectivity index is 2.42. The van der Waals surface area contributed by atoms with Crippen molar-refractivity contribution in [2.75, 3.05) is 6.26 Å². The molecule has 0 unspecified atom stereocenters. The highest BCUT2D eigenvalue weighted by Crippen LogP contribution is 2.21. The van der Waals surface area contributed by atoms with Crippen molar-refractivity contribution in [1.82, 2.24) is 9.55 Å². The Kier molecular flexibility index (Phi) is 3.64. The van der Waals surface area contributed by atoms with E-state index in [2.05, 4.69) is 4.98 Å². The molecule has 2 N–H and O–H groups in total. The van der Waals surface area contributed by atoms with Gasteiger partial charge in [0.15, 0.2) is 9.84 Å². The fourth-order valence-corrected chi connectivity index (χ4v) is 2.76. The maximum absolute atomic E-state index is 11.6. The van der Waals surface area contributed by atoms with Crippen molar-refractivity contribution in [3.8, 4) is 0 Å². The number of benzene rings is 1. The largest absolute Gasteiger partial charge is 0.331 e. The van der Waals surface area contributed by atoms with E-state index in [-0.39, 0.29) is 5.54 Å². The molecule has 0 bridgehead atoms. The lowest BCUT2D eigenvalue weighted by molar-refractivity contribution is 0.468. The van der Waals surface area contributed by atoms with Gasteiger partial charge in [-0.25, -0.2) is 13.4 Å². The molecule has 0 aliphatic rings. The van der Waals surface area contributed by atoms with E-state index in [1.165, 1.54) is 6.26 Å². The molecule has 20 heavy (non-hydrogen) atoms. The van der Waals surface area contributed by atoms with E-state index in [4.69, 9.17) is 5.73 Å². The van der Waals surface area contributed by atoms with Gasteiger partial charge in [0.05, 0.1) is 15.9 Å². The van der Waals surface area contributed by atoms with Crippen LogP contribution in [0.2, 0.25) is 0 Å². The van der Waals surface area contributed by atoms with Gasteiger partial charge in [0.1, 0.15) is 5.82 Å². The summed E-state index contributed by atoms with van der Waals surface area (Å²) in [4.78, 5) is 4.83. The van der Waals surface area contributed by atoms with Crippen molar-refractivity contribution in [2.24, 2.45) is 12.8 Å². The quantitative estimate of drug-likeness (QED) is 0.930. The second kappa shape index (κ2) is 4.86. The molecular formula is C14H21N3O2S. The molecule has 2 aromatic rings. The van der Waals surface area contributed by atoms with E-state index in [0.717, 1.165) is 24.2 Å². The summed E-state index contributed by atoms with van der Waals surface area (Å²) in [5.41, 5.74) is 7.39. The van der Waals surface area contributed by atoms with Crippen molar-refractivity contribution in [1.29, 1.82) is 0 Å². The maximum atomic E-state index is 11.6. The van der Waals surface area contributed by atoms with Crippen LogP contribution in [0.25, 0.3) is 11.0 Å². The smallest absolute Gasteiger partial charge is 0.175 e. The van der Waals surface area contributed by atoms with Gasteiger partial charge in [-0.05, 0) is 38.5 Å². The van der Waals surface area contributed by atoms with Crippen LogP contribution in [0.4, 0.5) is 0 Å². The predicted molar refractivity (Wildman–Crippen MR) is 80.4 cm³/mol. The highest BCUT2D eigenvalue weighted by molar-refractivity contribution is 7.90. The molecule has 1 aromatic carbocycles. The second-order valence-corrected chi connectivity index (χ2v) is 8.01. The van der Waals surface area contributed by atoms with Gasteiger partial charge >= 0.3 is 0 Å². The SMILES string of the molecule is Cn1c(CCC(C)(C)N)nc2cc(S(C)(=O)=O)ccc21. The number of aromatic nitrogens is 2. The fraction of sp³-hybridized carbons (Fsp3) is 0.500. The molecular weight excluding hydrogens is 274 g/mol. The summed E-state index contributed by atoms with van der Waals surface area (Å²) in [6.45, 7) is 3.97. The standard InChI is InChI=1S/C14H21N3O2S/c1-14(2,15)8-7-13-16-11-9-10(20(4,18)19)5-6-12(11)17(13)3/h5-6,9H,7-8,15H2,1-4H3. The van der Waals surface area contributed by atoms with Crippen LogP contribution in [-0.4, -0.2) is 29.8 Å². The number of imidazole rings is 1. The molecule has 1 heterocycles. The minimum atomic E-state index is -3.20. The molecule has 0 aliphatic heterocycles. The van der Waals surface area contributed by atoms with E-state index < -0.39 is 9.84 Å². The van der Waals surface area contributed by atoms with Gasteiger partial charge in [-0.1, -0.05) is 0 Å². The number of sulfone groups is 1. The molecule has 0 atom stereocenters. The molecule has 6 heteroatoms. The van der Waals surface area contributed by atoms with E-state index in [9.17, 15) is 8.42 Å². The van der Waals surface area contributed by atoms with E-state index in [1.807, 2.05) is 25.5 Å². The zero-order valence-electron chi connectivity index (χ0n) is 12.3. The molecule has 0 radical (unpaired) electrons. The summed E-state index contributed by atoms with van der Waals surface area (Å²) in [6.07, 6.45) is 2.79.